The lowest BCUT2D eigenvalue weighted by molar-refractivity contribution is -0.141. The van der Waals surface area contributed by atoms with Crippen molar-refractivity contribution in [2.75, 3.05) is 26.2 Å². The summed E-state index contributed by atoms with van der Waals surface area (Å²) in [7, 11) is 1.29. The van der Waals surface area contributed by atoms with Gasteiger partial charge < -0.3 is 4.90 Å². The predicted octanol–water partition coefficient (Wildman–Crippen LogP) is 2.58. The zero-order chi connectivity index (χ0) is 20.6. The van der Waals surface area contributed by atoms with Crippen molar-refractivity contribution in [3.63, 3.8) is 0 Å². The molecule has 1 aliphatic heterocycles. The molecule has 28 heavy (non-hydrogen) atoms. The summed E-state index contributed by atoms with van der Waals surface area (Å²) in [6, 6.07) is 0. The van der Waals surface area contributed by atoms with Gasteiger partial charge in [-0.1, -0.05) is 11.6 Å². The third-order valence-corrected chi connectivity index (χ3v) is 5.24. The van der Waals surface area contributed by atoms with Crippen LogP contribution in [0.2, 0.25) is 5.02 Å². The van der Waals surface area contributed by atoms with Gasteiger partial charge in [-0.3, -0.25) is 19.1 Å². The number of carbonyl (C=O) groups excluding carboxylic acids is 1. The van der Waals surface area contributed by atoms with Crippen molar-refractivity contribution >= 4 is 17.5 Å². The van der Waals surface area contributed by atoms with Gasteiger partial charge in [-0.15, -0.1) is 0 Å². The SMILES string of the molecule is CCn1cc(CN2CCN(C(=O)c3c(Cl)c(C(F)(F)F)nn3C)CC2)c(C)n1. The van der Waals surface area contributed by atoms with E-state index in [1.54, 1.807) is 0 Å². The maximum absolute atomic E-state index is 13.0. The van der Waals surface area contributed by atoms with Crippen LogP contribution in [0, 0.1) is 6.92 Å². The van der Waals surface area contributed by atoms with Crippen LogP contribution in [0.25, 0.3) is 0 Å². The second-order valence-corrected chi connectivity index (χ2v) is 7.17. The summed E-state index contributed by atoms with van der Waals surface area (Å²) in [6.07, 6.45) is -2.69. The summed E-state index contributed by atoms with van der Waals surface area (Å²) in [5.41, 5.74) is 0.636. The van der Waals surface area contributed by atoms with Crippen LogP contribution in [0.1, 0.15) is 34.4 Å². The molecule has 0 aliphatic carbocycles. The number of halogens is 4. The first kappa shape index (κ1) is 20.7. The van der Waals surface area contributed by atoms with E-state index in [0.29, 0.717) is 26.2 Å². The average molecular weight is 419 g/mol. The second-order valence-electron chi connectivity index (χ2n) is 6.80. The van der Waals surface area contributed by atoms with Crippen LogP contribution < -0.4 is 0 Å². The third kappa shape index (κ3) is 4.02. The summed E-state index contributed by atoms with van der Waals surface area (Å²) >= 11 is 5.83. The smallest absolute Gasteiger partial charge is 0.335 e. The molecule has 3 rings (SSSR count). The Bertz CT molecular complexity index is 867. The molecule has 0 unspecified atom stereocenters. The zero-order valence-electron chi connectivity index (χ0n) is 15.9. The lowest BCUT2D eigenvalue weighted by atomic mass is 10.2. The Morgan fingerprint density at radius 1 is 1.21 bits per heavy atom. The molecule has 1 fully saturated rings. The minimum absolute atomic E-state index is 0.234. The number of aryl methyl sites for hydroxylation is 3. The molecular weight excluding hydrogens is 397 g/mol. The van der Waals surface area contributed by atoms with Crippen LogP contribution >= 0.6 is 11.6 Å². The number of hydrogen-bond donors (Lipinski definition) is 0. The van der Waals surface area contributed by atoms with Gasteiger partial charge in [0.25, 0.3) is 5.91 Å². The highest BCUT2D eigenvalue weighted by atomic mass is 35.5. The van der Waals surface area contributed by atoms with Crippen LogP contribution in [0.5, 0.6) is 0 Å². The number of piperazine rings is 1. The van der Waals surface area contributed by atoms with Gasteiger partial charge >= 0.3 is 6.18 Å². The highest BCUT2D eigenvalue weighted by Gasteiger charge is 2.40. The lowest BCUT2D eigenvalue weighted by Gasteiger charge is -2.34. The van der Waals surface area contributed by atoms with Crippen molar-refractivity contribution < 1.29 is 18.0 Å². The molecular formula is C17H22ClF3N6O. The number of rotatable bonds is 4. The van der Waals surface area contributed by atoms with E-state index in [2.05, 4.69) is 15.1 Å². The molecule has 1 saturated heterocycles. The molecule has 0 saturated carbocycles. The zero-order valence-corrected chi connectivity index (χ0v) is 16.7. The van der Waals surface area contributed by atoms with Crippen LogP contribution in [0.4, 0.5) is 13.2 Å². The number of hydrogen-bond acceptors (Lipinski definition) is 4. The summed E-state index contributed by atoms with van der Waals surface area (Å²) in [4.78, 5) is 16.4. The molecule has 1 aliphatic rings. The summed E-state index contributed by atoms with van der Waals surface area (Å²) in [5, 5.41) is 7.16. The van der Waals surface area contributed by atoms with E-state index in [4.69, 9.17) is 11.6 Å². The molecule has 1 amide bonds. The molecule has 3 heterocycles. The van der Waals surface area contributed by atoms with Gasteiger partial charge in [0.2, 0.25) is 0 Å². The first-order valence-electron chi connectivity index (χ1n) is 8.96. The molecule has 7 nitrogen and oxygen atoms in total. The fourth-order valence-corrected chi connectivity index (χ4v) is 3.64. The Morgan fingerprint density at radius 3 is 2.36 bits per heavy atom. The molecule has 0 radical (unpaired) electrons. The average Bonchev–Trinajstić information content (AvgIpc) is 3.14. The molecule has 11 heteroatoms. The van der Waals surface area contributed by atoms with Crippen molar-refractivity contribution in [3.05, 3.63) is 33.9 Å². The Balaban J connectivity index is 1.66. The molecule has 2 aromatic heterocycles. The van der Waals surface area contributed by atoms with E-state index in [9.17, 15) is 18.0 Å². The highest BCUT2D eigenvalue weighted by Crippen LogP contribution is 2.35. The first-order valence-corrected chi connectivity index (χ1v) is 9.33. The number of carbonyl (C=O) groups is 1. The maximum atomic E-state index is 13.0. The number of amides is 1. The van der Waals surface area contributed by atoms with Crippen LogP contribution in [-0.2, 0) is 26.3 Å². The molecule has 0 aromatic carbocycles. The van der Waals surface area contributed by atoms with E-state index in [-0.39, 0.29) is 5.69 Å². The first-order chi connectivity index (χ1) is 13.1. The van der Waals surface area contributed by atoms with Crippen LogP contribution in [-0.4, -0.2) is 61.4 Å². The number of aromatic nitrogens is 4. The van der Waals surface area contributed by atoms with Crippen molar-refractivity contribution in [3.8, 4) is 0 Å². The van der Waals surface area contributed by atoms with Crippen molar-refractivity contribution in [1.82, 2.24) is 29.4 Å². The standard InChI is InChI=1S/C17H22ClF3N6O/c1-4-27-10-12(11(2)22-27)9-25-5-7-26(8-6-25)16(28)14-13(18)15(17(19,20)21)23-24(14)3/h10H,4-9H2,1-3H3. The molecule has 154 valence electrons. The molecule has 0 spiro atoms. The van der Waals surface area contributed by atoms with Gasteiger partial charge in [0.05, 0.1) is 5.69 Å². The predicted molar refractivity (Wildman–Crippen MR) is 97.0 cm³/mol. The molecule has 0 N–H and O–H groups in total. The quantitative estimate of drug-likeness (QED) is 0.765. The maximum Gasteiger partial charge on any atom is 0.436 e. The highest BCUT2D eigenvalue weighted by molar-refractivity contribution is 6.34. The Hall–Kier alpha value is -2.07. The largest absolute Gasteiger partial charge is 0.436 e. The van der Waals surface area contributed by atoms with Crippen LogP contribution in [0.15, 0.2) is 6.20 Å². The van der Waals surface area contributed by atoms with Crippen molar-refractivity contribution in [1.29, 1.82) is 0 Å². The summed E-state index contributed by atoms with van der Waals surface area (Å²) < 4.78 is 41.7. The van der Waals surface area contributed by atoms with Gasteiger partial charge in [0.1, 0.15) is 10.7 Å². The summed E-state index contributed by atoms with van der Waals surface area (Å²) in [5.74, 6) is -0.537. The van der Waals surface area contributed by atoms with E-state index >= 15 is 0 Å². The van der Waals surface area contributed by atoms with E-state index in [0.717, 1.165) is 29.0 Å². The summed E-state index contributed by atoms with van der Waals surface area (Å²) in [6.45, 7) is 7.55. The molecule has 0 bridgehead atoms. The second kappa shape index (κ2) is 7.75. The molecule has 2 aromatic rings. The van der Waals surface area contributed by atoms with Gasteiger partial charge in [-0.2, -0.15) is 23.4 Å². The lowest BCUT2D eigenvalue weighted by Crippen LogP contribution is -2.48. The number of nitrogens with zero attached hydrogens (tertiary/aromatic N) is 6. The third-order valence-electron chi connectivity index (χ3n) is 4.89. The fourth-order valence-electron chi connectivity index (χ4n) is 3.29. The van der Waals surface area contributed by atoms with Crippen LogP contribution in [0.3, 0.4) is 0 Å². The van der Waals surface area contributed by atoms with Crippen molar-refractivity contribution in [2.24, 2.45) is 7.05 Å². The Labute approximate surface area is 165 Å². The Morgan fingerprint density at radius 2 is 1.86 bits per heavy atom. The van der Waals surface area contributed by atoms with Gasteiger partial charge in [0, 0.05) is 58.1 Å². The monoisotopic (exact) mass is 418 g/mol. The Kier molecular flexibility index (Phi) is 5.72. The minimum Gasteiger partial charge on any atom is -0.335 e. The van der Waals surface area contributed by atoms with E-state index in [1.165, 1.54) is 11.9 Å². The van der Waals surface area contributed by atoms with E-state index < -0.39 is 22.8 Å². The fraction of sp³-hybridized carbons (Fsp3) is 0.588. The number of alkyl halides is 3. The van der Waals surface area contributed by atoms with Crippen molar-refractivity contribution in [2.45, 2.75) is 33.1 Å². The van der Waals surface area contributed by atoms with E-state index in [1.807, 2.05) is 24.7 Å². The topological polar surface area (TPSA) is 59.2 Å². The van der Waals surface area contributed by atoms with Gasteiger partial charge in [-0.25, -0.2) is 0 Å². The van der Waals surface area contributed by atoms with Gasteiger partial charge in [-0.05, 0) is 13.8 Å². The normalized spacial score (nSPS) is 16.0. The minimum atomic E-state index is -4.70. The van der Waals surface area contributed by atoms with Gasteiger partial charge in [0.15, 0.2) is 5.69 Å². The molecule has 0 atom stereocenters.